The van der Waals surface area contributed by atoms with Gasteiger partial charge in [-0.3, -0.25) is 29.0 Å². The number of carbonyl (C=O) groups is 2. The minimum absolute atomic E-state index is 0.0378. The van der Waals surface area contributed by atoms with Gasteiger partial charge in [0.05, 0.1) is 6.26 Å². The highest BCUT2D eigenvalue weighted by Crippen LogP contribution is 2.35. The van der Waals surface area contributed by atoms with Gasteiger partial charge in [0.2, 0.25) is 27.8 Å². The number of hydrogen-bond acceptors (Lipinski definition) is 13. The number of nitrogens with zero attached hydrogens (tertiary/aromatic N) is 7. The number of benzene rings is 2. The summed E-state index contributed by atoms with van der Waals surface area (Å²) >= 11 is 0. The summed E-state index contributed by atoms with van der Waals surface area (Å²) in [6.45, 7) is 6.38. The molecule has 7 rings (SSSR count). The Morgan fingerprint density at radius 3 is 2.36 bits per heavy atom. The zero-order chi connectivity index (χ0) is 41.7. The molecule has 1 atom stereocenters. The fourth-order valence-corrected chi connectivity index (χ4v) is 8.16. The van der Waals surface area contributed by atoms with Gasteiger partial charge in [0.25, 0.3) is 0 Å². The van der Waals surface area contributed by atoms with Gasteiger partial charge in [-0.2, -0.15) is 18.2 Å². The average molecular weight is 836 g/mol. The number of piperazine rings is 1. The van der Waals surface area contributed by atoms with Crippen LogP contribution >= 0.6 is 0 Å². The molecule has 4 aromatic rings. The van der Waals surface area contributed by atoms with Crippen LogP contribution < -0.4 is 30.5 Å². The van der Waals surface area contributed by atoms with E-state index in [1.807, 2.05) is 36.4 Å². The zero-order valence-electron chi connectivity index (χ0n) is 32.9. The number of alkyl halides is 3. The lowest BCUT2D eigenvalue weighted by molar-refractivity contribution is -0.137. The smallest absolute Gasteiger partial charge is 0.374 e. The molecule has 3 aliphatic heterocycles. The van der Waals surface area contributed by atoms with Crippen molar-refractivity contribution in [1.29, 1.82) is 0 Å². The van der Waals surface area contributed by atoms with Crippen molar-refractivity contribution < 1.29 is 31.2 Å². The standard InChI is InChI=1S/C40H48F3N11O4S/c1-51(59(2,57)58)37-28(6-4-16-44-37)24-45-36-33(40(41,42)43)25-46-39(50-36)48-29-8-10-31(11-9-29)53-17-14-32(15-18-53)54-21-19-52(20-22-54)26-27-5-3-7-30(23-27)47-34-12-13-35(55)49-38(34)56/h3-11,16,23,25,32,34,47H,12-15,17-22,24,26H2,1-2H3,(H,49,55,56)(H2,45,46,48,50). The van der Waals surface area contributed by atoms with Crippen LogP contribution in [0.1, 0.15) is 42.4 Å². The van der Waals surface area contributed by atoms with Crippen LogP contribution in [0.15, 0.2) is 73.1 Å². The molecule has 0 saturated carbocycles. The first-order chi connectivity index (χ1) is 28.2. The third-order valence-electron chi connectivity index (χ3n) is 11.0. The maximum atomic E-state index is 14.0. The Balaban J connectivity index is 0.889. The second kappa shape index (κ2) is 17.8. The largest absolute Gasteiger partial charge is 0.421 e. The van der Waals surface area contributed by atoms with E-state index in [1.54, 1.807) is 12.1 Å². The lowest BCUT2D eigenvalue weighted by atomic mass is 10.0. The van der Waals surface area contributed by atoms with Crippen LogP contribution in [0.3, 0.4) is 0 Å². The lowest BCUT2D eigenvalue weighted by Gasteiger charge is -2.43. The van der Waals surface area contributed by atoms with Crippen molar-refractivity contribution in [1.82, 2.24) is 30.1 Å². The number of pyridine rings is 1. The molecule has 3 fully saturated rings. The summed E-state index contributed by atoms with van der Waals surface area (Å²) in [5, 5.41) is 11.4. The Morgan fingerprint density at radius 1 is 0.915 bits per heavy atom. The van der Waals surface area contributed by atoms with E-state index >= 15 is 0 Å². The van der Waals surface area contributed by atoms with Crippen LogP contribution in [-0.2, 0) is 38.9 Å². The molecular weight excluding hydrogens is 788 g/mol. The second-order valence-corrected chi connectivity index (χ2v) is 17.1. The third kappa shape index (κ3) is 10.6. The van der Waals surface area contributed by atoms with Crippen LogP contribution in [-0.4, -0.2) is 110 Å². The van der Waals surface area contributed by atoms with Gasteiger partial charge in [0.15, 0.2) is 0 Å². The molecule has 0 radical (unpaired) electrons. The summed E-state index contributed by atoms with van der Waals surface area (Å²) in [7, 11) is -2.34. The molecule has 5 heterocycles. The number of sulfonamides is 1. The van der Waals surface area contributed by atoms with E-state index in [9.17, 15) is 31.2 Å². The van der Waals surface area contributed by atoms with Gasteiger partial charge < -0.3 is 20.9 Å². The van der Waals surface area contributed by atoms with Gasteiger partial charge in [0.1, 0.15) is 23.2 Å². The number of carbonyl (C=O) groups excluding carboxylic acids is 2. The Morgan fingerprint density at radius 2 is 1.66 bits per heavy atom. The van der Waals surface area contributed by atoms with E-state index in [0.717, 1.165) is 80.6 Å². The highest BCUT2D eigenvalue weighted by molar-refractivity contribution is 7.92. The van der Waals surface area contributed by atoms with E-state index in [0.29, 0.717) is 36.3 Å². The summed E-state index contributed by atoms with van der Waals surface area (Å²) in [6, 6.07) is 19.0. The van der Waals surface area contributed by atoms with Crippen molar-refractivity contribution in [3.8, 4) is 0 Å². The molecule has 1 unspecified atom stereocenters. The predicted octanol–water partition coefficient (Wildman–Crippen LogP) is 4.65. The first kappa shape index (κ1) is 41.6. The van der Waals surface area contributed by atoms with Crippen molar-refractivity contribution >= 4 is 56.5 Å². The Hall–Kier alpha value is -5.53. The molecule has 2 aromatic carbocycles. The van der Waals surface area contributed by atoms with Crippen LogP contribution in [0.4, 0.5) is 47.8 Å². The Labute approximate surface area is 341 Å². The molecule has 19 heteroatoms. The van der Waals surface area contributed by atoms with Gasteiger partial charge in [-0.15, -0.1) is 0 Å². The zero-order valence-corrected chi connectivity index (χ0v) is 33.7. The van der Waals surface area contributed by atoms with Crippen molar-refractivity contribution in [3.05, 3.63) is 89.7 Å². The van der Waals surface area contributed by atoms with Crippen LogP contribution in [0.5, 0.6) is 0 Å². The highest BCUT2D eigenvalue weighted by Gasteiger charge is 2.36. The SMILES string of the molecule is CN(c1ncccc1CNc1nc(Nc2ccc(N3CCC(N4CCN(Cc5cccc(NC6CCC(=O)NC6=O)c5)CC4)CC3)cc2)ncc1C(F)(F)F)S(C)(=O)=O. The number of hydrogen-bond donors (Lipinski definition) is 4. The third-order valence-corrected chi connectivity index (χ3v) is 12.2. The minimum Gasteiger partial charge on any atom is -0.374 e. The molecule has 0 aliphatic carbocycles. The average Bonchev–Trinajstić information content (AvgIpc) is 3.21. The number of rotatable bonds is 13. The number of nitrogens with one attached hydrogen (secondary N) is 4. The number of piperidine rings is 2. The molecule has 3 saturated heterocycles. The molecule has 59 heavy (non-hydrogen) atoms. The predicted molar refractivity (Wildman–Crippen MR) is 220 cm³/mol. The fourth-order valence-electron chi connectivity index (χ4n) is 7.68. The molecule has 4 N–H and O–H groups in total. The van der Waals surface area contributed by atoms with Crippen LogP contribution in [0, 0.1) is 0 Å². The first-order valence-electron chi connectivity index (χ1n) is 19.5. The van der Waals surface area contributed by atoms with E-state index in [4.69, 9.17) is 0 Å². The Kier molecular flexibility index (Phi) is 12.5. The molecule has 15 nitrogen and oxygen atoms in total. The second-order valence-electron chi connectivity index (χ2n) is 15.1. The summed E-state index contributed by atoms with van der Waals surface area (Å²) < 4.78 is 67.1. The molecule has 2 aromatic heterocycles. The van der Waals surface area contributed by atoms with Gasteiger partial charge in [0, 0.05) is 107 Å². The molecule has 0 bridgehead atoms. The summed E-state index contributed by atoms with van der Waals surface area (Å²) in [5.74, 6) is -0.916. The first-order valence-corrected chi connectivity index (χ1v) is 21.4. The summed E-state index contributed by atoms with van der Waals surface area (Å²) in [4.78, 5) is 43.3. The topological polar surface area (TPSA) is 168 Å². The number of amides is 2. The van der Waals surface area contributed by atoms with Crippen molar-refractivity contribution in [2.75, 3.05) is 77.7 Å². The molecule has 314 valence electrons. The molecular formula is C40H48F3N11O4S. The molecule has 3 aliphatic rings. The fraction of sp³-hybridized carbons (Fsp3) is 0.425. The summed E-state index contributed by atoms with van der Waals surface area (Å²) in [6.07, 6.45) is 1.29. The van der Waals surface area contributed by atoms with E-state index in [2.05, 4.69) is 63.1 Å². The number of aromatic nitrogens is 3. The van der Waals surface area contributed by atoms with E-state index in [1.165, 1.54) is 18.8 Å². The number of anilines is 6. The molecule has 2 amide bonds. The number of halogens is 3. The van der Waals surface area contributed by atoms with Gasteiger partial charge in [-0.25, -0.2) is 18.4 Å². The lowest BCUT2D eigenvalue weighted by Crippen LogP contribution is -2.53. The molecule has 0 spiro atoms. The van der Waals surface area contributed by atoms with E-state index in [-0.39, 0.29) is 30.1 Å². The van der Waals surface area contributed by atoms with Gasteiger partial charge in [-0.1, -0.05) is 18.2 Å². The Bertz CT molecular complexity index is 2230. The van der Waals surface area contributed by atoms with Gasteiger partial charge >= 0.3 is 6.18 Å². The number of imide groups is 1. The van der Waals surface area contributed by atoms with Crippen molar-refractivity contribution in [3.63, 3.8) is 0 Å². The maximum Gasteiger partial charge on any atom is 0.421 e. The van der Waals surface area contributed by atoms with Crippen LogP contribution in [0.2, 0.25) is 0 Å². The van der Waals surface area contributed by atoms with E-state index < -0.39 is 33.6 Å². The van der Waals surface area contributed by atoms with Crippen LogP contribution in [0.25, 0.3) is 0 Å². The quantitative estimate of drug-likeness (QED) is 0.138. The van der Waals surface area contributed by atoms with Crippen molar-refractivity contribution in [2.45, 2.75) is 57.0 Å². The summed E-state index contributed by atoms with van der Waals surface area (Å²) in [5.41, 5.74) is 3.01. The highest BCUT2D eigenvalue weighted by atomic mass is 32.2. The monoisotopic (exact) mass is 835 g/mol. The maximum absolute atomic E-state index is 14.0. The normalized spacial score (nSPS) is 18.7. The van der Waals surface area contributed by atoms with Crippen molar-refractivity contribution in [2.24, 2.45) is 0 Å². The minimum atomic E-state index is -4.74. The van der Waals surface area contributed by atoms with Gasteiger partial charge in [-0.05, 0) is 67.3 Å².